The summed E-state index contributed by atoms with van der Waals surface area (Å²) in [4.78, 5) is 48.0. The van der Waals surface area contributed by atoms with Crippen LogP contribution in [-0.4, -0.2) is 62.4 Å². The number of amides is 3. The lowest BCUT2D eigenvalue weighted by Crippen LogP contribution is -2.53. The first-order valence-corrected chi connectivity index (χ1v) is 12.6. The van der Waals surface area contributed by atoms with Crippen LogP contribution in [-0.2, 0) is 24.3 Å². The molecule has 3 N–H and O–H groups in total. The largest absolute Gasteiger partial charge is 0.481 e. The number of hydrogen-bond donors (Lipinski definition) is 3. The van der Waals surface area contributed by atoms with Gasteiger partial charge >= 0.3 is 12.0 Å². The van der Waals surface area contributed by atoms with Crippen LogP contribution in [0, 0.1) is 5.92 Å². The third-order valence-corrected chi connectivity index (χ3v) is 6.78. The van der Waals surface area contributed by atoms with Crippen molar-refractivity contribution in [2.75, 3.05) is 19.6 Å². The standard InChI is InChI=1S/C26H27Cl2N5O4/c27-20-6-5-19(23(28)10-20)15-33-13-17(9-24(34)35)12-32(26(33)37)14-18-3-1-2-4-22(18)25(36)30-8-7-21-11-29-16-31-21/h1-6,10-11,16-17H,7-9,12-15H2,(H,29,31)(H,30,36)(H,34,35). The van der Waals surface area contributed by atoms with Crippen molar-refractivity contribution in [1.82, 2.24) is 25.1 Å². The topological polar surface area (TPSA) is 119 Å². The number of benzene rings is 2. The number of nitrogens with zero attached hydrogens (tertiary/aromatic N) is 3. The molecule has 1 aliphatic rings. The van der Waals surface area contributed by atoms with Crippen LogP contribution in [0.15, 0.2) is 55.0 Å². The number of carbonyl (C=O) groups excluding carboxylic acids is 2. The summed E-state index contributed by atoms with van der Waals surface area (Å²) < 4.78 is 0. The molecule has 1 atom stereocenters. The zero-order valence-electron chi connectivity index (χ0n) is 20.0. The van der Waals surface area contributed by atoms with Crippen LogP contribution >= 0.6 is 23.2 Å². The van der Waals surface area contributed by atoms with Crippen molar-refractivity contribution in [1.29, 1.82) is 0 Å². The second-order valence-corrected chi connectivity index (χ2v) is 9.83. The molecule has 1 saturated heterocycles. The SMILES string of the molecule is O=C(O)CC1CN(Cc2ccc(Cl)cc2Cl)C(=O)N(Cc2ccccc2C(=O)NCCc2cnc[nH]2)C1. The van der Waals surface area contributed by atoms with E-state index in [1.807, 2.05) is 6.07 Å². The summed E-state index contributed by atoms with van der Waals surface area (Å²) in [7, 11) is 0. The number of imidazole rings is 1. The van der Waals surface area contributed by atoms with Crippen LogP contribution in [0.4, 0.5) is 4.79 Å². The van der Waals surface area contributed by atoms with Crippen LogP contribution in [0.5, 0.6) is 0 Å². The van der Waals surface area contributed by atoms with Crippen molar-refractivity contribution in [3.05, 3.63) is 87.4 Å². The van der Waals surface area contributed by atoms with Gasteiger partial charge in [0.25, 0.3) is 5.91 Å². The summed E-state index contributed by atoms with van der Waals surface area (Å²) in [6, 6.07) is 11.9. The molecule has 0 radical (unpaired) electrons. The van der Waals surface area contributed by atoms with E-state index in [0.29, 0.717) is 39.7 Å². The fourth-order valence-electron chi connectivity index (χ4n) is 4.45. The molecule has 9 nitrogen and oxygen atoms in total. The Kier molecular flexibility index (Phi) is 8.68. The van der Waals surface area contributed by atoms with Crippen molar-refractivity contribution in [3.63, 3.8) is 0 Å². The molecular weight excluding hydrogens is 517 g/mol. The molecule has 0 saturated carbocycles. The Morgan fingerprint density at radius 1 is 1.08 bits per heavy atom. The van der Waals surface area contributed by atoms with Crippen LogP contribution in [0.25, 0.3) is 0 Å². The molecule has 0 bridgehead atoms. The Morgan fingerprint density at radius 3 is 2.49 bits per heavy atom. The second-order valence-electron chi connectivity index (χ2n) is 8.98. The molecule has 0 aliphatic carbocycles. The fraction of sp³-hybridized carbons (Fsp3) is 0.308. The number of carboxylic acids is 1. The summed E-state index contributed by atoms with van der Waals surface area (Å²) in [5.74, 6) is -1.45. The highest BCUT2D eigenvalue weighted by Gasteiger charge is 2.33. The van der Waals surface area contributed by atoms with Crippen LogP contribution < -0.4 is 5.32 Å². The monoisotopic (exact) mass is 543 g/mol. The average molecular weight is 544 g/mol. The highest BCUT2D eigenvalue weighted by Crippen LogP contribution is 2.27. The molecule has 1 aromatic heterocycles. The lowest BCUT2D eigenvalue weighted by molar-refractivity contribution is -0.138. The Hall–Kier alpha value is -3.56. The molecule has 2 aromatic carbocycles. The maximum atomic E-state index is 13.5. The zero-order chi connectivity index (χ0) is 26.4. The molecule has 2 heterocycles. The van der Waals surface area contributed by atoms with Crippen molar-refractivity contribution in [2.24, 2.45) is 5.92 Å². The summed E-state index contributed by atoms with van der Waals surface area (Å²) in [5, 5.41) is 13.2. The van der Waals surface area contributed by atoms with Gasteiger partial charge in [0.1, 0.15) is 0 Å². The number of H-pyrrole nitrogens is 1. The molecule has 0 spiro atoms. The second kappa shape index (κ2) is 12.1. The van der Waals surface area contributed by atoms with Crippen molar-refractivity contribution < 1.29 is 19.5 Å². The molecule has 1 unspecified atom stereocenters. The summed E-state index contributed by atoms with van der Waals surface area (Å²) in [5.41, 5.74) is 2.77. The van der Waals surface area contributed by atoms with E-state index in [1.54, 1.807) is 58.7 Å². The molecular formula is C26H27Cl2N5O4. The minimum Gasteiger partial charge on any atom is -0.481 e. The Bertz CT molecular complexity index is 1270. The van der Waals surface area contributed by atoms with E-state index < -0.39 is 5.97 Å². The first-order chi connectivity index (χ1) is 17.8. The van der Waals surface area contributed by atoms with Crippen molar-refractivity contribution in [2.45, 2.75) is 25.9 Å². The third kappa shape index (κ3) is 7.02. The maximum absolute atomic E-state index is 13.5. The van der Waals surface area contributed by atoms with Crippen LogP contribution in [0.3, 0.4) is 0 Å². The summed E-state index contributed by atoms with van der Waals surface area (Å²) in [6.45, 7) is 1.37. The summed E-state index contributed by atoms with van der Waals surface area (Å²) in [6.07, 6.45) is 3.82. The molecule has 4 rings (SSSR count). The van der Waals surface area contributed by atoms with Gasteiger partial charge in [-0.1, -0.05) is 47.5 Å². The van der Waals surface area contributed by atoms with Crippen molar-refractivity contribution in [3.8, 4) is 0 Å². The predicted molar refractivity (Wildman–Crippen MR) is 139 cm³/mol. The van der Waals surface area contributed by atoms with Crippen LogP contribution in [0.2, 0.25) is 10.0 Å². The fourth-order valence-corrected chi connectivity index (χ4v) is 4.91. The number of halogens is 2. The first kappa shape index (κ1) is 26.5. The molecule has 11 heteroatoms. The normalized spacial score (nSPS) is 15.6. The van der Waals surface area contributed by atoms with Crippen LogP contribution in [0.1, 0.15) is 33.6 Å². The zero-order valence-corrected chi connectivity index (χ0v) is 21.5. The van der Waals surface area contributed by atoms with Gasteiger partial charge in [-0.25, -0.2) is 9.78 Å². The predicted octanol–water partition coefficient (Wildman–Crippen LogP) is 4.22. The van der Waals surface area contributed by atoms with Gasteiger partial charge in [0.2, 0.25) is 0 Å². The van der Waals surface area contributed by atoms with Gasteiger partial charge < -0.3 is 25.2 Å². The minimum absolute atomic E-state index is 0.0790. The molecule has 3 amide bonds. The highest BCUT2D eigenvalue weighted by atomic mass is 35.5. The molecule has 194 valence electrons. The number of rotatable bonds is 10. The lowest BCUT2D eigenvalue weighted by Gasteiger charge is -2.40. The van der Waals surface area contributed by atoms with E-state index in [0.717, 1.165) is 5.69 Å². The third-order valence-electron chi connectivity index (χ3n) is 6.20. The van der Waals surface area contributed by atoms with Gasteiger partial charge in [0, 0.05) is 72.6 Å². The van der Waals surface area contributed by atoms with E-state index in [9.17, 15) is 19.5 Å². The lowest BCUT2D eigenvalue weighted by atomic mass is 9.99. The minimum atomic E-state index is -0.930. The molecule has 37 heavy (non-hydrogen) atoms. The quantitative estimate of drug-likeness (QED) is 0.353. The smallest absolute Gasteiger partial charge is 0.320 e. The number of aromatic nitrogens is 2. The maximum Gasteiger partial charge on any atom is 0.320 e. The molecule has 1 fully saturated rings. The van der Waals surface area contributed by atoms with Gasteiger partial charge in [0.15, 0.2) is 0 Å². The van der Waals surface area contributed by atoms with E-state index in [2.05, 4.69) is 15.3 Å². The highest BCUT2D eigenvalue weighted by molar-refractivity contribution is 6.35. The van der Waals surface area contributed by atoms with E-state index >= 15 is 0 Å². The number of aromatic amines is 1. The van der Waals surface area contributed by atoms with E-state index in [-0.39, 0.29) is 50.5 Å². The van der Waals surface area contributed by atoms with Gasteiger partial charge in [-0.3, -0.25) is 9.59 Å². The number of carbonyl (C=O) groups is 3. The van der Waals surface area contributed by atoms with E-state index in [4.69, 9.17) is 23.2 Å². The van der Waals surface area contributed by atoms with Gasteiger partial charge in [0.05, 0.1) is 12.7 Å². The average Bonchev–Trinajstić information content (AvgIpc) is 3.37. The number of urea groups is 1. The first-order valence-electron chi connectivity index (χ1n) is 11.8. The Labute approximate surface area is 224 Å². The molecule has 3 aromatic rings. The number of carboxylic acid groups (broad SMARTS) is 1. The van der Waals surface area contributed by atoms with Gasteiger partial charge in [-0.2, -0.15) is 0 Å². The van der Waals surface area contributed by atoms with E-state index in [1.165, 1.54) is 0 Å². The Morgan fingerprint density at radius 2 is 1.81 bits per heavy atom. The summed E-state index contributed by atoms with van der Waals surface area (Å²) >= 11 is 12.3. The van der Waals surface area contributed by atoms with Gasteiger partial charge in [-0.05, 0) is 29.3 Å². The Balaban J connectivity index is 1.49. The number of hydrogen-bond acceptors (Lipinski definition) is 4. The molecule has 1 aliphatic heterocycles. The van der Waals surface area contributed by atoms with Gasteiger partial charge in [-0.15, -0.1) is 0 Å². The number of aliphatic carboxylic acids is 1. The number of nitrogens with one attached hydrogen (secondary N) is 2. The van der Waals surface area contributed by atoms with Crippen molar-refractivity contribution >= 4 is 41.1 Å².